The molecule has 1 amide bonds. The van der Waals surface area contributed by atoms with E-state index in [0.717, 1.165) is 4.90 Å². The average Bonchev–Trinajstić information content (AvgIpc) is 2.61. The molecule has 140 valence electrons. The molecule has 2 aromatic rings. The van der Waals surface area contributed by atoms with Crippen LogP contribution in [0, 0.1) is 0 Å². The summed E-state index contributed by atoms with van der Waals surface area (Å²) in [5.41, 5.74) is 1.12. The molecule has 0 fully saturated rings. The number of rotatable bonds is 6. The number of aliphatic hydroxyl groups is 1. The van der Waals surface area contributed by atoms with E-state index in [4.69, 9.17) is 23.2 Å². The number of halogens is 2. The molecule has 26 heavy (non-hydrogen) atoms. The van der Waals surface area contributed by atoms with Gasteiger partial charge in [-0.15, -0.1) is 0 Å². The number of nitrogens with zero attached hydrogens (tertiary/aromatic N) is 1. The third-order valence-corrected chi connectivity index (χ3v) is 5.83. The lowest BCUT2D eigenvalue weighted by molar-refractivity contribution is 0.111. The highest BCUT2D eigenvalue weighted by atomic mass is 35.5. The van der Waals surface area contributed by atoms with Gasteiger partial charge in [-0.25, -0.2) is 4.79 Å². The second kappa shape index (κ2) is 8.97. The van der Waals surface area contributed by atoms with Crippen LogP contribution in [0.15, 0.2) is 47.4 Å². The van der Waals surface area contributed by atoms with Crippen molar-refractivity contribution in [3.05, 3.63) is 63.6 Å². The second-order valence-corrected chi connectivity index (χ2v) is 8.04. The number of aliphatic hydroxyl groups excluding tert-OH is 1. The maximum atomic E-state index is 12.0. The van der Waals surface area contributed by atoms with Crippen LogP contribution in [-0.4, -0.2) is 45.6 Å². The van der Waals surface area contributed by atoms with Crippen molar-refractivity contribution in [2.75, 3.05) is 19.8 Å². The minimum absolute atomic E-state index is 0.0269. The fraction of sp³-hybridized carbons (Fsp3) is 0.278. The Balaban J connectivity index is 2.49. The standard InChI is InChI=1S/C18H19Cl2NO4S/c1-21(18(23)24)10-13(11-7-8-14(19)15(20)9-11)17(22)12-5-3-4-6-16(12)26(2)25/h3-9,13,17,22H,10H2,1-2H3,(H,23,24)/t13-,17-,26?/m0/s1. The van der Waals surface area contributed by atoms with Gasteiger partial charge in [0.1, 0.15) is 6.26 Å². The van der Waals surface area contributed by atoms with Gasteiger partial charge in [0.15, 0.2) is 4.90 Å². The lowest BCUT2D eigenvalue weighted by Gasteiger charge is -2.28. The summed E-state index contributed by atoms with van der Waals surface area (Å²) in [5, 5.41) is 20.9. The van der Waals surface area contributed by atoms with Gasteiger partial charge in [-0.2, -0.15) is 0 Å². The number of carboxylic acid groups (broad SMARTS) is 1. The van der Waals surface area contributed by atoms with Crippen molar-refractivity contribution in [2.24, 2.45) is 0 Å². The fourth-order valence-corrected chi connectivity index (χ4v) is 3.80. The molecule has 0 heterocycles. The van der Waals surface area contributed by atoms with E-state index in [1.54, 1.807) is 42.5 Å². The molecule has 0 spiro atoms. The molecule has 0 radical (unpaired) electrons. The molecule has 1 unspecified atom stereocenters. The highest BCUT2D eigenvalue weighted by Crippen LogP contribution is 2.37. The number of hydrogen-bond acceptors (Lipinski definition) is 3. The van der Waals surface area contributed by atoms with E-state index in [0.29, 0.717) is 26.1 Å². The Hall–Kier alpha value is -1.44. The summed E-state index contributed by atoms with van der Waals surface area (Å²) < 4.78 is 12.0. The van der Waals surface area contributed by atoms with Crippen molar-refractivity contribution in [3.8, 4) is 0 Å². The Morgan fingerprint density at radius 2 is 1.88 bits per heavy atom. The van der Waals surface area contributed by atoms with Crippen molar-refractivity contribution in [1.82, 2.24) is 4.90 Å². The van der Waals surface area contributed by atoms with Crippen LogP contribution >= 0.6 is 23.2 Å². The number of amides is 1. The monoisotopic (exact) mass is 415 g/mol. The second-order valence-electron chi connectivity index (χ2n) is 5.88. The highest BCUT2D eigenvalue weighted by molar-refractivity contribution is 7.90. The molecule has 0 aliphatic carbocycles. The van der Waals surface area contributed by atoms with Crippen molar-refractivity contribution in [1.29, 1.82) is 0 Å². The molecule has 0 bridgehead atoms. The molecular formula is C18H19Cl2NO4S. The maximum absolute atomic E-state index is 12.0. The molecule has 0 aliphatic heterocycles. The van der Waals surface area contributed by atoms with Crippen LogP contribution in [-0.2, 0) is 11.2 Å². The van der Waals surface area contributed by atoms with Gasteiger partial charge in [0.2, 0.25) is 0 Å². The summed E-state index contributed by atoms with van der Waals surface area (Å²) in [6.45, 7) is 0.0269. The summed E-state index contributed by atoms with van der Waals surface area (Å²) in [4.78, 5) is 12.9. The van der Waals surface area contributed by atoms with Gasteiger partial charge < -0.3 is 19.7 Å². The zero-order chi connectivity index (χ0) is 19.4. The Morgan fingerprint density at radius 1 is 1.23 bits per heavy atom. The number of carbonyl (C=O) groups is 1. The molecule has 0 aliphatic rings. The summed E-state index contributed by atoms with van der Waals surface area (Å²) >= 11 is 10.8. The van der Waals surface area contributed by atoms with Crippen LogP contribution < -0.4 is 0 Å². The van der Waals surface area contributed by atoms with Gasteiger partial charge in [-0.1, -0.05) is 47.5 Å². The van der Waals surface area contributed by atoms with Crippen LogP contribution in [0.5, 0.6) is 0 Å². The molecular weight excluding hydrogens is 397 g/mol. The van der Waals surface area contributed by atoms with Crippen molar-refractivity contribution in [2.45, 2.75) is 16.9 Å². The molecule has 0 saturated carbocycles. The first kappa shape index (κ1) is 20.9. The third-order valence-electron chi connectivity index (χ3n) is 4.10. The zero-order valence-corrected chi connectivity index (χ0v) is 16.6. The quantitative estimate of drug-likeness (QED) is 0.693. The van der Waals surface area contributed by atoms with E-state index in [1.165, 1.54) is 13.3 Å². The lowest BCUT2D eigenvalue weighted by atomic mass is 9.88. The van der Waals surface area contributed by atoms with Gasteiger partial charge in [-0.05, 0) is 34.9 Å². The molecule has 3 atom stereocenters. The van der Waals surface area contributed by atoms with E-state index >= 15 is 0 Å². The van der Waals surface area contributed by atoms with Crippen molar-refractivity contribution in [3.63, 3.8) is 0 Å². The first-order chi connectivity index (χ1) is 12.2. The highest BCUT2D eigenvalue weighted by Gasteiger charge is 2.30. The van der Waals surface area contributed by atoms with E-state index < -0.39 is 29.3 Å². The average molecular weight is 416 g/mol. The predicted molar refractivity (Wildman–Crippen MR) is 104 cm³/mol. The first-order valence-corrected chi connectivity index (χ1v) is 10.0. The minimum Gasteiger partial charge on any atom is -0.612 e. The molecule has 8 heteroatoms. The van der Waals surface area contributed by atoms with Crippen LogP contribution in [0.25, 0.3) is 0 Å². The van der Waals surface area contributed by atoms with Crippen molar-refractivity contribution >= 4 is 40.5 Å². The molecule has 0 saturated heterocycles. The van der Waals surface area contributed by atoms with E-state index in [-0.39, 0.29) is 6.54 Å². The van der Waals surface area contributed by atoms with Gasteiger partial charge in [-0.3, -0.25) is 0 Å². The SMILES string of the molecule is CN(C[C@@H](c1ccc(Cl)c(Cl)c1)[C@@H](O)c1ccccc1[S+](C)[O-])C(=O)O. The lowest BCUT2D eigenvalue weighted by Crippen LogP contribution is -2.32. The van der Waals surface area contributed by atoms with Gasteiger partial charge in [0, 0.05) is 25.1 Å². The summed E-state index contributed by atoms with van der Waals surface area (Å²) in [5.74, 6) is -0.615. The largest absolute Gasteiger partial charge is 0.612 e. The summed E-state index contributed by atoms with van der Waals surface area (Å²) in [6, 6.07) is 11.8. The Bertz CT molecular complexity index is 788. The molecule has 2 rings (SSSR count). The Labute approximate surface area is 165 Å². The van der Waals surface area contributed by atoms with E-state index in [2.05, 4.69) is 0 Å². The Kier molecular flexibility index (Phi) is 7.20. The maximum Gasteiger partial charge on any atom is 0.407 e. The smallest absolute Gasteiger partial charge is 0.407 e. The van der Waals surface area contributed by atoms with Crippen LogP contribution in [0.3, 0.4) is 0 Å². The van der Waals surface area contributed by atoms with Crippen LogP contribution in [0.4, 0.5) is 4.79 Å². The normalized spacial score (nSPS) is 14.5. The molecule has 5 nitrogen and oxygen atoms in total. The van der Waals surface area contributed by atoms with Crippen LogP contribution in [0.1, 0.15) is 23.1 Å². The summed E-state index contributed by atoms with van der Waals surface area (Å²) in [6.07, 6.45) is -0.660. The molecule has 2 aromatic carbocycles. The van der Waals surface area contributed by atoms with Gasteiger partial charge in [0.05, 0.1) is 16.1 Å². The number of benzene rings is 2. The first-order valence-electron chi connectivity index (χ1n) is 7.71. The van der Waals surface area contributed by atoms with Crippen molar-refractivity contribution < 1.29 is 19.6 Å². The zero-order valence-electron chi connectivity index (χ0n) is 14.2. The fourth-order valence-electron chi connectivity index (χ4n) is 2.71. The van der Waals surface area contributed by atoms with Gasteiger partial charge in [0.25, 0.3) is 0 Å². The minimum atomic E-state index is -1.30. The van der Waals surface area contributed by atoms with Gasteiger partial charge >= 0.3 is 6.09 Å². The Morgan fingerprint density at radius 3 is 2.46 bits per heavy atom. The summed E-state index contributed by atoms with van der Waals surface area (Å²) in [7, 11) is 1.42. The van der Waals surface area contributed by atoms with Crippen LogP contribution in [0.2, 0.25) is 10.0 Å². The number of hydrogen-bond donors (Lipinski definition) is 2. The molecule has 0 aromatic heterocycles. The third kappa shape index (κ3) is 4.84. The molecule has 2 N–H and O–H groups in total. The van der Waals surface area contributed by atoms with E-state index in [1.807, 2.05) is 0 Å². The predicted octanol–water partition coefficient (Wildman–Crippen LogP) is 4.16. The van der Waals surface area contributed by atoms with E-state index in [9.17, 15) is 19.6 Å². The number of likely N-dealkylation sites (N-methyl/N-ethyl adjacent to an activating group) is 1. The topological polar surface area (TPSA) is 83.8 Å².